The predicted molar refractivity (Wildman–Crippen MR) is 101 cm³/mol. The highest BCUT2D eigenvalue weighted by Crippen LogP contribution is 2.32. The number of aryl methyl sites for hydroxylation is 3. The van der Waals surface area contributed by atoms with Gasteiger partial charge in [-0.3, -0.25) is 5.41 Å². The van der Waals surface area contributed by atoms with Crippen molar-refractivity contribution >= 4 is 28.1 Å². The zero-order valence-electron chi connectivity index (χ0n) is 14.5. The van der Waals surface area contributed by atoms with Crippen LogP contribution in [0.15, 0.2) is 48.2 Å². The molecule has 25 heavy (non-hydrogen) atoms. The Morgan fingerprint density at radius 1 is 1.04 bits per heavy atom. The third kappa shape index (κ3) is 2.39. The number of aromatic nitrogens is 2. The number of fused-ring (bicyclic) bond motifs is 1. The molecule has 0 saturated heterocycles. The van der Waals surface area contributed by atoms with Crippen LogP contribution in [0, 0.1) is 19.3 Å². The minimum atomic E-state index is 0.181. The molecule has 0 fully saturated rings. The van der Waals surface area contributed by atoms with Crippen LogP contribution < -0.4 is 4.90 Å². The summed E-state index contributed by atoms with van der Waals surface area (Å²) >= 11 is 0. The summed E-state index contributed by atoms with van der Waals surface area (Å²) in [5, 5.41) is 19.1. The summed E-state index contributed by atoms with van der Waals surface area (Å²) in [5.41, 5.74) is 5.56. The fourth-order valence-electron chi connectivity index (χ4n) is 3.29. The Bertz CT molecular complexity index is 1030. The predicted octanol–water partition coefficient (Wildman–Crippen LogP) is 3.96. The SMILES string of the molecule is Cc1ccc(N2CC(O)=C(c3nc4cc(C)ccc4n3C)C2=N)cc1. The van der Waals surface area contributed by atoms with E-state index in [0.717, 1.165) is 27.8 Å². The molecular formula is C20H20N4O. The van der Waals surface area contributed by atoms with E-state index in [1.807, 2.05) is 67.9 Å². The average molecular weight is 332 g/mol. The van der Waals surface area contributed by atoms with Gasteiger partial charge in [-0.05, 0) is 43.7 Å². The van der Waals surface area contributed by atoms with Crippen molar-refractivity contribution in [3.8, 4) is 0 Å². The van der Waals surface area contributed by atoms with Crippen molar-refractivity contribution in [3.63, 3.8) is 0 Å². The van der Waals surface area contributed by atoms with Gasteiger partial charge >= 0.3 is 0 Å². The van der Waals surface area contributed by atoms with E-state index in [1.165, 1.54) is 0 Å². The molecule has 4 rings (SSSR count). The van der Waals surface area contributed by atoms with Gasteiger partial charge in [0.05, 0.1) is 23.2 Å². The number of hydrogen-bond donors (Lipinski definition) is 2. The molecule has 0 aliphatic carbocycles. The highest BCUT2D eigenvalue weighted by Gasteiger charge is 2.32. The van der Waals surface area contributed by atoms with E-state index in [-0.39, 0.29) is 11.6 Å². The molecule has 5 nitrogen and oxygen atoms in total. The number of nitrogens with one attached hydrogen (secondary N) is 1. The average Bonchev–Trinajstić information content (AvgIpc) is 3.04. The Balaban J connectivity index is 1.78. The normalized spacial score (nSPS) is 14.8. The second-order valence-corrected chi connectivity index (χ2v) is 6.58. The van der Waals surface area contributed by atoms with E-state index >= 15 is 0 Å². The van der Waals surface area contributed by atoms with Crippen LogP contribution in [0.2, 0.25) is 0 Å². The standard InChI is InChI=1S/C20H20N4O/c1-12-4-7-14(8-5-12)24-11-17(25)18(19(24)21)20-22-15-10-13(2)6-9-16(15)23(20)3/h4-10,21,25H,11H2,1-3H3. The zero-order chi connectivity index (χ0) is 17.7. The van der Waals surface area contributed by atoms with E-state index in [1.54, 1.807) is 4.90 Å². The number of aliphatic hydroxyl groups excluding tert-OH is 1. The lowest BCUT2D eigenvalue weighted by atomic mass is 10.2. The highest BCUT2D eigenvalue weighted by atomic mass is 16.3. The van der Waals surface area contributed by atoms with Gasteiger partial charge in [-0.15, -0.1) is 0 Å². The summed E-state index contributed by atoms with van der Waals surface area (Å²) in [6.45, 7) is 4.35. The third-order valence-electron chi connectivity index (χ3n) is 4.71. The maximum absolute atomic E-state index is 10.5. The van der Waals surface area contributed by atoms with Crippen molar-refractivity contribution in [1.82, 2.24) is 9.55 Å². The van der Waals surface area contributed by atoms with Gasteiger partial charge in [0.25, 0.3) is 0 Å². The molecular weight excluding hydrogens is 312 g/mol. The molecule has 1 aromatic heterocycles. The lowest BCUT2D eigenvalue weighted by Gasteiger charge is -2.19. The van der Waals surface area contributed by atoms with E-state index in [0.29, 0.717) is 17.9 Å². The molecule has 2 aromatic carbocycles. The molecule has 1 aliphatic heterocycles. The largest absolute Gasteiger partial charge is 0.509 e. The van der Waals surface area contributed by atoms with Gasteiger partial charge in [0.15, 0.2) is 0 Å². The van der Waals surface area contributed by atoms with Crippen molar-refractivity contribution in [2.45, 2.75) is 13.8 Å². The Morgan fingerprint density at radius 3 is 2.44 bits per heavy atom. The van der Waals surface area contributed by atoms with Crippen molar-refractivity contribution < 1.29 is 5.11 Å². The van der Waals surface area contributed by atoms with Gasteiger partial charge in [-0.25, -0.2) is 4.98 Å². The monoisotopic (exact) mass is 332 g/mol. The Hall–Kier alpha value is -3.08. The molecule has 2 heterocycles. The number of nitrogens with zero attached hydrogens (tertiary/aromatic N) is 3. The molecule has 0 amide bonds. The van der Waals surface area contributed by atoms with Crippen LogP contribution in [0.1, 0.15) is 17.0 Å². The van der Waals surface area contributed by atoms with E-state index in [2.05, 4.69) is 4.98 Å². The number of amidine groups is 1. The van der Waals surface area contributed by atoms with Crippen molar-refractivity contribution in [2.24, 2.45) is 7.05 Å². The van der Waals surface area contributed by atoms with Crippen LogP contribution in [0.5, 0.6) is 0 Å². The minimum Gasteiger partial charge on any atom is -0.509 e. The van der Waals surface area contributed by atoms with Crippen molar-refractivity contribution in [2.75, 3.05) is 11.4 Å². The van der Waals surface area contributed by atoms with Gasteiger partial charge < -0.3 is 14.6 Å². The number of aliphatic hydroxyl groups is 1. The molecule has 2 N–H and O–H groups in total. The first-order chi connectivity index (χ1) is 12.0. The van der Waals surface area contributed by atoms with Crippen LogP contribution in [0.25, 0.3) is 16.6 Å². The van der Waals surface area contributed by atoms with Crippen LogP contribution in [0.3, 0.4) is 0 Å². The number of hydrogen-bond acceptors (Lipinski definition) is 3. The number of benzene rings is 2. The summed E-state index contributed by atoms with van der Waals surface area (Å²) < 4.78 is 1.94. The quantitative estimate of drug-likeness (QED) is 0.746. The molecule has 0 radical (unpaired) electrons. The summed E-state index contributed by atoms with van der Waals surface area (Å²) in [7, 11) is 1.92. The highest BCUT2D eigenvalue weighted by molar-refractivity contribution is 6.30. The first kappa shape index (κ1) is 15.4. The Labute approximate surface area is 146 Å². The summed E-state index contributed by atoms with van der Waals surface area (Å²) in [6.07, 6.45) is 0. The second kappa shape index (κ2) is 5.48. The van der Waals surface area contributed by atoms with Gasteiger partial charge in [0.2, 0.25) is 0 Å². The van der Waals surface area contributed by atoms with Crippen molar-refractivity contribution in [3.05, 3.63) is 65.2 Å². The molecule has 0 atom stereocenters. The van der Waals surface area contributed by atoms with Gasteiger partial charge in [-0.2, -0.15) is 0 Å². The van der Waals surface area contributed by atoms with Crippen molar-refractivity contribution in [1.29, 1.82) is 5.41 Å². The fourth-order valence-corrected chi connectivity index (χ4v) is 3.29. The summed E-state index contributed by atoms with van der Waals surface area (Å²) in [4.78, 5) is 6.48. The maximum Gasteiger partial charge on any atom is 0.148 e. The number of rotatable bonds is 2. The maximum atomic E-state index is 10.5. The first-order valence-electron chi connectivity index (χ1n) is 8.24. The van der Waals surface area contributed by atoms with E-state index in [9.17, 15) is 5.11 Å². The molecule has 0 bridgehead atoms. The molecule has 0 saturated carbocycles. The van der Waals surface area contributed by atoms with Gasteiger partial charge in [0, 0.05) is 12.7 Å². The zero-order valence-corrected chi connectivity index (χ0v) is 14.5. The first-order valence-corrected chi connectivity index (χ1v) is 8.24. The van der Waals surface area contributed by atoms with Gasteiger partial charge in [0.1, 0.15) is 17.4 Å². The topological polar surface area (TPSA) is 65.1 Å². The van der Waals surface area contributed by atoms with Crippen LogP contribution in [-0.4, -0.2) is 27.0 Å². The summed E-state index contributed by atoms with van der Waals surface area (Å²) in [5.74, 6) is 1.08. The molecule has 1 aliphatic rings. The molecule has 5 heteroatoms. The molecule has 3 aromatic rings. The van der Waals surface area contributed by atoms with E-state index < -0.39 is 0 Å². The van der Waals surface area contributed by atoms with E-state index in [4.69, 9.17) is 5.41 Å². The fraction of sp³-hybridized carbons (Fsp3) is 0.200. The molecule has 0 spiro atoms. The summed E-state index contributed by atoms with van der Waals surface area (Å²) in [6, 6.07) is 14.0. The smallest absolute Gasteiger partial charge is 0.148 e. The van der Waals surface area contributed by atoms with Gasteiger partial charge in [-0.1, -0.05) is 23.8 Å². The number of imidazole rings is 1. The minimum absolute atomic E-state index is 0.181. The molecule has 126 valence electrons. The molecule has 0 unspecified atom stereocenters. The van der Waals surface area contributed by atoms with Crippen LogP contribution >= 0.6 is 0 Å². The van der Waals surface area contributed by atoms with Crippen LogP contribution in [-0.2, 0) is 7.05 Å². The Kier molecular flexibility index (Phi) is 3.39. The van der Waals surface area contributed by atoms with Crippen LogP contribution in [0.4, 0.5) is 5.69 Å². The lowest BCUT2D eigenvalue weighted by Crippen LogP contribution is -2.26. The number of anilines is 1. The second-order valence-electron chi connectivity index (χ2n) is 6.58. The third-order valence-corrected chi connectivity index (χ3v) is 4.71. The lowest BCUT2D eigenvalue weighted by molar-refractivity contribution is 0.411. The Morgan fingerprint density at radius 2 is 1.72 bits per heavy atom.